The highest BCUT2D eigenvalue weighted by molar-refractivity contribution is 6.11. The van der Waals surface area contributed by atoms with Gasteiger partial charge in [-0.2, -0.15) is 5.26 Å². The number of nitrogens with zero attached hydrogens (tertiary/aromatic N) is 3. The molecule has 0 spiro atoms. The number of aromatic nitrogens is 2. The zero-order chi connectivity index (χ0) is 30.6. The first-order valence-corrected chi connectivity index (χ1v) is 15.5. The van der Waals surface area contributed by atoms with Crippen molar-refractivity contribution in [1.29, 1.82) is 5.26 Å². The molecule has 46 heavy (non-hydrogen) atoms. The molecule has 2 aromatic heterocycles. The Hall–Kier alpha value is -6.37. The average Bonchev–Trinajstić information content (AvgIpc) is 3.64. The van der Waals surface area contributed by atoms with E-state index in [0.717, 1.165) is 33.5 Å². The van der Waals surface area contributed by atoms with E-state index in [2.05, 4.69) is 155 Å². The van der Waals surface area contributed by atoms with Crippen LogP contribution < -0.4 is 0 Å². The van der Waals surface area contributed by atoms with Crippen LogP contribution in [0.25, 0.3) is 77.2 Å². The fraction of sp³-hybridized carbons (Fsp3) is 0. The molecule has 3 nitrogen and oxygen atoms in total. The molecule has 0 aliphatic rings. The Kier molecular flexibility index (Phi) is 5.88. The van der Waals surface area contributed by atoms with Gasteiger partial charge in [0.05, 0.1) is 33.7 Å². The summed E-state index contributed by atoms with van der Waals surface area (Å²) in [6, 6.07) is 60.2. The summed E-state index contributed by atoms with van der Waals surface area (Å²) < 4.78 is 4.71. The van der Waals surface area contributed by atoms with Crippen molar-refractivity contribution in [3.8, 4) is 39.7 Å². The molecule has 0 N–H and O–H groups in total. The number of hydrogen-bond acceptors (Lipinski definition) is 1. The fourth-order valence-electron chi connectivity index (χ4n) is 7.10. The van der Waals surface area contributed by atoms with E-state index in [-0.39, 0.29) is 0 Å². The van der Waals surface area contributed by atoms with E-state index in [9.17, 15) is 5.26 Å². The van der Waals surface area contributed by atoms with Gasteiger partial charge in [0, 0.05) is 32.9 Å². The van der Waals surface area contributed by atoms with Crippen LogP contribution in [0.1, 0.15) is 5.56 Å². The molecule has 3 heteroatoms. The number of rotatable bonds is 4. The molecular formula is C43H27N3. The molecule has 9 aromatic rings. The molecule has 0 fully saturated rings. The zero-order valence-corrected chi connectivity index (χ0v) is 24.9. The molecule has 9 rings (SSSR count). The third-order valence-electron chi connectivity index (χ3n) is 9.15. The van der Waals surface area contributed by atoms with Crippen molar-refractivity contribution < 1.29 is 0 Å². The van der Waals surface area contributed by atoms with Crippen LogP contribution in [0.4, 0.5) is 0 Å². The molecule has 2 heterocycles. The molecular weight excluding hydrogens is 558 g/mol. The highest BCUT2D eigenvalue weighted by atomic mass is 15.0. The lowest BCUT2D eigenvalue weighted by Gasteiger charge is -2.12. The predicted molar refractivity (Wildman–Crippen MR) is 191 cm³/mol. The standard InChI is InChI=1S/C43H27N3/c44-28-32-11-1-2-16-35(32)31-13-10-15-34(26-31)46-42-22-8-5-19-38(42)39-27-30(23-24-43(39)46)29-12-9-14-33(25-29)45-40-20-6-3-17-36(40)37-18-4-7-21-41(37)45/h1-27H. The third-order valence-corrected chi connectivity index (χ3v) is 9.15. The van der Waals surface area contributed by atoms with Gasteiger partial charge in [0.2, 0.25) is 0 Å². The molecule has 0 amide bonds. The fourth-order valence-corrected chi connectivity index (χ4v) is 7.10. The van der Waals surface area contributed by atoms with Crippen molar-refractivity contribution in [2.24, 2.45) is 0 Å². The van der Waals surface area contributed by atoms with Crippen LogP contribution in [0.15, 0.2) is 164 Å². The first-order chi connectivity index (χ1) is 22.8. The van der Waals surface area contributed by atoms with Crippen molar-refractivity contribution >= 4 is 43.6 Å². The van der Waals surface area contributed by atoms with Crippen molar-refractivity contribution in [3.05, 3.63) is 169 Å². The van der Waals surface area contributed by atoms with Crippen molar-refractivity contribution in [3.63, 3.8) is 0 Å². The summed E-state index contributed by atoms with van der Waals surface area (Å²) in [4.78, 5) is 0. The van der Waals surface area contributed by atoms with Gasteiger partial charge < -0.3 is 9.13 Å². The van der Waals surface area contributed by atoms with Crippen molar-refractivity contribution in [2.45, 2.75) is 0 Å². The van der Waals surface area contributed by atoms with Crippen LogP contribution >= 0.6 is 0 Å². The van der Waals surface area contributed by atoms with Gasteiger partial charge in [-0.1, -0.05) is 103 Å². The minimum absolute atomic E-state index is 0.676. The molecule has 7 aromatic carbocycles. The molecule has 0 aliphatic carbocycles. The number of fused-ring (bicyclic) bond motifs is 6. The highest BCUT2D eigenvalue weighted by Gasteiger charge is 2.16. The first-order valence-electron chi connectivity index (χ1n) is 15.5. The van der Waals surface area contributed by atoms with Crippen LogP contribution in [0, 0.1) is 11.3 Å². The Bertz CT molecular complexity index is 2610. The van der Waals surface area contributed by atoms with Crippen LogP contribution in [-0.4, -0.2) is 9.13 Å². The quantitative estimate of drug-likeness (QED) is 0.202. The van der Waals surface area contributed by atoms with E-state index in [0.29, 0.717) is 5.56 Å². The molecule has 0 saturated heterocycles. The lowest BCUT2D eigenvalue weighted by molar-refractivity contribution is 1.18. The van der Waals surface area contributed by atoms with Crippen LogP contribution in [0.2, 0.25) is 0 Å². The Morgan fingerprint density at radius 1 is 0.370 bits per heavy atom. The number of hydrogen-bond donors (Lipinski definition) is 0. The molecule has 0 unspecified atom stereocenters. The monoisotopic (exact) mass is 585 g/mol. The van der Waals surface area contributed by atoms with Gasteiger partial charge in [-0.05, 0) is 82.9 Å². The van der Waals surface area contributed by atoms with Gasteiger partial charge >= 0.3 is 0 Å². The van der Waals surface area contributed by atoms with Crippen molar-refractivity contribution in [1.82, 2.24) is 9.13 Å². The minimum Gasteiger partial charge on any atom is -0.309 e. The Labute approximate surface area is 266 Å². The lowest BCUT2D eigenvalue weighted by Crippen LogP contribution is -1.95. The second-order valence-electron chi connectivity index (χ2n) is 11.7. The van der Waals surface area contributed by atoms with E-state index in [1.807, 2.05) is 24.3 Å². The van der Waals surface area contributed by atoms with E-state index in [1.54, 1.807) is 0 Å². The Morgan fingerprint density at radius 3 is 1.48 bits per heavy atom. The summed E-state index contributed by atoms with van der Waals surface area (Å²) in [5, 5.41) is 14.7. The highest BCUT2D eigenvalue weighted by Crippen LogP contribution is 2.37. The summed E-state index contributed by atoms with van der Waals surface area (Å²) in [6.45, 7) is 0. The van der Waals surface area contributed by atoms with Crippen LogP contribution in [-0.2, 0) is 0 Å². The van der Waals surface area contributed by atoms with Gasteiger partial charge in [-0.15, -0.1) is 0 Å². The Morgan fingerprint density at radius 2 is 0.848 bits per heavy atom. The van der Waals surface area contributed by atoms with Crippen LogP contribution in [0.5, 0.6) is 0 Å². The van der Waals surface area contributed by atoms with Gasteiger partial charge in [0.1, 0.15) is 0 Å². The summed E-state index contributed by atoms with van der Waals surface area (Å²) in [7, 11) is 0. The molecule has 0 atom stereocenters. The molecule has 0 radical (unpaired) electrons. The molecule has 0 saturated carbocycles. The van der Waals surface area contributed by atoms with E-state index in [1.165, 1.54) is 43.7 Å². The SMILES string of the molecule is N#Cc1ccccc1-c1cccc(-n2c3ccccc3c3cc(-c4cccc(-n5c6ccccc6c6ccccc65)c4)ccc32)c1. The summed E-state index contributed by atoms with van der Waals surface area (Å²) >= 11 is 0. The largest absolute Gasteiger partial charge is 0.309 e. The summed E-state index contributed by atoms with van der Waals surface area (Å²) in [5.41, 5.74) is 11.9. The van der Waals surface area contributed by atoms with Gasteiger partial charge in [0.15, 0.2) is 0 Å². The molecule has 0 bridgehead atoms. The number of benzene rings is 7. The average molecular weight is 586 g/mol. The maximum absolute atomic E-state index is 9.74. The Balaban J connectivity index is 1.21. The maximum Gasteiger partial charge on any atom is 0.0998 e. The van der Waals surface area contributed by atoms with Crippen LogP contribution in [0.3, 0.4) is 0 Å². The lowest BCUT2D eigenvalue weighted by atomic mass is 10.00. The van der Waals surface area contributed by atoms with Gasteiger partial charge in [0.25, 0.3) is 0 Å². The van der Waals surface area contributed by atoms with E-state index >= 15 is 0 Å². The normalized spacial score (nSPS) is 11.5. The second-order valence-corrected chi connectivity index (χ2v) is 11.7. The maximum atomic E-state index is 9.74. The van der Waals surface area contributed by atoms with Gasteiger partial charge in [-0.25, -0.2) is 0 Å². The predicted octanol–water partition coefficient (Wildman–Crippen LogP) is 11.1. The first kappa shape index (κ1) is 26.1. The van der Waals surface area contributed by atoms with E-state index in [4.69, 9.17) is 0 Å². The molecule has 0 aliphatic heterocycles. The van der Waals surface area contributed by atoms with E-state index < -0.39 is 0 Å². The summed E-state index contributed by atoms with van der Waals surface area (Å²) in [6.07, 6.45) is 0. The summed E-state index contributed by atoms with van der Waals surface area (Å²) in [5.74, 6) is 0. The number of nitriles is 1. The van der Waals surface area contributed by atoms with Crippen molar-refractivity contribution in [2.75, 3.05) is 0 Å². The molecule has 214 valence electrons. The third kappa shape index (κ3) is 3.98. The zero-order valence-electron chi connectivity index (χ0n) is 24.9. The minimum atomic E-state index is 0.676. The second kappa shape index (κ2) is 10.4. The smallest absolute Gasteiger partial charge is 0.0998 e. The van der Waals surface area contributed by atoms with Gasteiger partial charge in [-0.3, -0.25) is 0 Å². The topological polar surface area (TPSA) is 33.6 Å². The number of para-hydroxylation sites is 3.